The molecule has 30 heavy (non-hydrogen) atoms. The van der Waals surface area contributed by atoms with Crippen molar-refractivity contribution in [3.63, 3.8) is 0 Å². The lowest BCUT2D eigenvalue weighted by Crippen LogP contribution is -3.15. The van der Waals surface area contributed by atoms with E-state index in [9.17, 15) is 14.0 Å². The van der Waals surface area contributed by atoms with Crippen LogP contribution in [0.15, 0.2) is 48.5 Å². The zero-order chi connectivity index (χ0) is 21.3. The lowest BCUT2D eigenvalue weighted by Gasteiger charge is -2.32. The van der Waals surface area contributed by atoms with Crippen LogP contribution < -0.4 is 15.0 Å². The van der Waals surface area contributed by atoms with Crippen molar-refractivity contribution in [2.45, 2.75) is 19.8 Å². The van der Waals surface area contributed by atoms with Crippen LogP contribution in [0.2, 0.25) is 0 Å². The molecular formula is C23H29FN3O3+. The molecule has 1 heterocycles. The lowest BCUT2D eigenvalue weighted by atomic mass is 10.2. The van der Waals surface area contributed by atoms with Crippen molar-refractivity contribution < 1.29 is 23.6 Å². The SMILES string of the molecule is Cc1ccc(OCCCC(=O)N2CC[NH+](CC(=O)Nc3cccc(F)c3)CC2)cc1. The quantitative estimate of drug-likeness (QED) is 0.646. The summed E-state index contributed by atoms with van der Waals surface area (Å²) >= 11 is 0. The molecule has 1 fully saturated rings. The summed E-state index contributed by atoms with van der Waals surface area (Å²) in [5, 5.41) is 2.72. The molecule has 1 aliphatic heterocycles. The van der Waals surface area contributed by atoms with Gasteiger partial charge in [-0.2, -0.15) is 0 Å². The standard InChI is InChI=1S/C23H28FN3O3/c1-18-7-9-21(10-8-18)30-15-3-6-23(29)27-13-11-26(12-14-27)17-22(28)25-20-5-2-4-19(24)16-20/h2,4-5,7-10,16H,3,6,11-15,17H2,1H3,(H,25,28)/p+1. The fourth-order valence-corrected chi connectivity index (χ4v) is 3.45. The van der Waals surface area contributed by atoms with E-state index in [0.29, 0.717) is 44.8 Å². The molecule has 0 aromatic heterocycles. The number of quaternary nitrogens is 1. The smallest absolute Gasteiger partial charge is 0.279 e. The monoisotopic (exact) mass is 414 g/mol. The zero-order valence-electron chi connectivity index (χ0n) is 17.3. The van der Waals surface area contributed by atoms with E-state index in [-0.39, 0.29) is 17.6 Å². The van der Waals surface area contributed by atoms with E-state index >= 15 is 0 Å². The lowest BCUT2D eigenvalue weighted by molar-refractivity contribution is -0.895. The minimum absolute atomic E-state index is 0.130. The molecule has 160 valence electrons. The Morgan fingerprint density at radius 1 is 1.13 bits per heavy atom. The largest absolute Gasteiger partial charge is 0.494 e. The van der Waals surface area contributed by atoms with Gasteiger partial charge in [0.25, 0.3) is 5.91 Å². The van der Waals surface area contributed by atoms with Crippen molar-refractivity contribution in [3.8, 4) is 5.75 Å². The van der Waals surface area contributed by atoms with Gasteiger partial charge in [-0.3, -0.25) is 9.59 Å². The third-order valence-electron chi connectivity index (χ3n) is 5.17. The number of aryl methyl sites for hydroxylation is 1. The van der Waals surface area contributed by atoms with Crippen LogP contribution in [0.4, 0.5) is 10.1 Å². The van der Waals surface area contributed by atoms with Crippen LogP contribution >= 0.6 is 0 Å². The maximum atomic E-state index is 13.2. The number of hydrogen-bond acceptors (Lipinski definition) is 3. The number of amides is 2. The number of carbonyl (C=O) groups is 2. The summed E-state index contributed by atoms with van der Waals surface area (Å²) in [4.78, 5) is 27.6. The molecule has 2 N–H and O–H groups in total. The number of benzene rings is 2. The topological polar surface area (TPSA) is 63.1 Å². The first-order chi connectivity index (χ1) is 14.5. The van der Waals surface area contributed by atoms with Crippen LogP contribution in [0, 0.1) is 12.7 Å². The third-order valence-corrected chi connectivity index (χ3v) is 5.17. The van der Waals surface area contributed by atoms with Gasteiger partial charge in [0.05, 0.1) is 32.8 Å². The maximum absolute atomic E-state index is 13.2. The van der Waals surface area contributed by atoms with Gasteiger partial charge in [0.2, 0.25) is 5.91 Å². The zero-order valence-corrected chi connectivity index (χ0v) is 17.3. The Bertz CT molecular complexity index is 849. The summed E-state index contributed by atoms with van der Waals surface area (Å²) in [6, 6.07) is 13.7. The molecule has 2 amide bonds. The molecule has 7 heteroatoms. The van der Waals surface area contributed by atoms with Gasteiger partial charge < -0.3 is 19.9 Å². The first kappa shape index (κ1) is 21.8. The van der Waals surface area contributed by atoms with Crippen molar-refractivity contribution in [2.75, 3.05) is 44.6 Å². The molecule has 0 spiro atoms. The maximum Gasteiger partial charge on any atom is 0.279 e. The number of nitrogens with one attached hydrogen (secondary N) is 2. The highest BCUT2D eigenvalue weighted by Gasteiger charge is 2.25. The van der Waals surface area contributed by atoms with Crippen molar-refractivity contribution in [1.82, 2.24) is 4.90 Å². The molecule has 0 atom stereocenters. The molecule has 2 aromatic carbocycles. The highest BCUT2D eigenvalue weighted by Crippen LogP contribution is 2.12. The van der Waals surface area contributed by atoms with Crippen LogP contribution in [0.1, 0.15) is 18.4 Å². The molecule has 0 aliphatic carbocycles. The second-order valence-corrected chi connectivity index (χ2v) is 7.63. The Kier molecular flexibility index (Phi) is 7.79. The van der Waals surface area contributed by atoms with Crippen LogP contribution in [0.25, 0.3) is 0 Å². The summed E-state index contributed by atoms with van der Waals surface area (Å²) in [6.07, 6.45) is 1.14. The van der Waals surface area contributed by atoms with Gasteiger partial charge in [-0.1, -0.05) is 23.8 Å². The van der Waals surface area contributed by atoms with Gasteiger partial charge in [0.15, 0.2) is 6.54 Å². The van der Waals surface area contributed by atoms with Crippen LogP contribution in [-0.4, -0.2) is 56.0 Å². The van der Waals surface area contributed by atoms with E-state index < -0.39 is 0 Å². The van der Waals surface area contributed by atoms with E-state index in [0.717, 1.165) is 23.7 Å². The number of ether oxygens (including phenoxy) is 1. The number of halogens is 1. The van der Waals surface area contributed by atoms with Crippen molar-refractivity contribution in [2.24, 2.45) is 0 Å². The fraction of sp³-hybridized carbons (Fsp3) is 0.391. The average Bonchev–Trinajstić information content (AvgIpc) is 2.73. The number of hydrogen-bond donors (Lipinski definition) is 2. The third kappa shape index (κ3) is 6.84. The number of anilines is 1. The number of nitrogens with zero attached hydrogens (tertiary/aromatic N) is 1. The van der Waals surface area contributed by atoms with Gasteiger partial charge in [-0.15, -0.1) is 0 Å². The summed E-state index contributed by atoms with van der Waals surface area (Å²) < 4.78 is 18.9. The number of piperazine rings is 1. The number of rotatable bonds is 8. The number of carbonyl (C=O) groups excluding carboxylic acids is 2. The Hall–Kier alpha value is -2.93. The van der Waals surface area contributed by atoms with Crippen LogP contribution in [0.5, 0.6) is 5.75 Å². The van der Waals surface area contributed by atoms with Crippen molar-refractivity contribution in [1.29, 1.82) is 0 Å². The Morgan fingerprint density at radius 3 is 2.57 bits per heavy atom. The summed E-state index contributed by atoms with van der Waals surface area (Å²) in [7, 11) is 0. The molecule has 0 unspecified atom stereocenters. The first-order valence-corrected chi connectivity index (χ1v) is 10.4. The van der Waals surface area contributed by atoms with Gasteiger partial charge in [-0.05, 0) is 43.7 Å². The average molecular weight is 415 g/mol. The molecule has 6 nitrogen and oxygen atoms in total. The predicted molar refractivity (Wildman–Crippen MR) is 113 cm³/mol. The first-order valence-electron chi connectivity index (χ1n) is 10.4. The highest BCUT2D eigenvalue weighted by atomic mass is 19.1. The van der Waals surface area contributed by atoms with Gasteiger partial charge >= 0.3 is 0 Å². The molecule has 1 saturated heterocycles. The molecular weight excluding hydrogens is 385 g/mol. The summed E-state index contributed by atoms with van der Waals surface area (Å²) in [6.45, 7) is 5.58. The second-order valence-electron chi connectivity index (χ2n) is 7.63. The van der Waals surface area contributed by atoms with Crippen molar-refractivity contribution >= 4 is 17.5 Å². The Labute approximate surface area is 176 Å². The Morgan fingerprint density at radius 2 is 1.87 bits per heavy atom. The minimum Gasteiger partial charge on any atom is -0.494 e. The van der Waals surface area contributed by atoms with Gasteiger partial charge in [0.1, 0.15) is 11.6 Å². The van der Waals surface area contributed by atoms with E-state index in [1.807, 2.05) is 36.1 Å². The van der Waals surface area contributed by atoms with E-state index in [4.69, 9.17) is 4.74 Å². The predicted octanol–water partition coefficient (Wildman–Crippen LogP) is 1.66. The highest BCUT2D eigenvalue weighted by molar-refractivity contribution is 5.91. The molecule has 3 rings (SSSR count). The molecule has 0 radical (unpaired) electrons. The fourth-order valence-electron chi connectivity index (χ4n) is 3.45. The molecule has 0 bridgehead atoms. The van der Waals surface area contributed by atoms with Gasteiger partial charge in [-0.25, -0.2) is 4.39 Å². The van der Waals surface area contributed by atoms with Crippen molar-refractivity contribution in [3.05, 3.63) is 59.9 Å². The molecule has 2 aromatic rings. The van der Waals surface area contributed by atoms with Gasteiger partial charge in [0, 0.05) is 12.1 Å². The second kappa shape index (κ2) is 10.7. The normalized spacial score (nSPS) is 14.4. The van der Waals surface area contributed by atoms with Crippen LogP contribution in [-0.2, 0) is 9.59 Å². The summed E-state index contributed by atoms with van der Waals surface area (Å²) in [5.74, 6) is 0.424. The van der Waals surface area contributed by atoms with E-state index in [1.165, 1.54) is 17.7 Å². The summed E-state index contributed by atoms with van der Waals surface area (Å²) in [5.41, 5.74) is 1.64. The molecule has 1 aliphatic rings. The minimum atomic E-state index is -0.378. The van der Waals surface area contributed by atoms with Crippen LogP contribution in [0.3, 0.4) is 0 Å². The Balaban J connectivity index is 1.31. The van der Waals surface area contributed by atoms with E-state index in [2.05, 4.69) is 5.32 Å². The molecule has 0 saturated carbocycles. The van der Waals surface area contributed by atoms with E-state index in [1.54, 1.807) is 12.1 Å².